The smallest absolute Gasteiger partial charge is 0.410 e. The number of carbonyl (C=O) groups is 3. The second-order valence-electron chi connectivity index (χ2n) is 10.3. The molecule has 1 saturated heterocycles. The molecule has 0 radical (unpaired) electrons. The Morgan fingerprint density at radius 2 is 1.85 bits per heavy atom. The predicted octanol–water partition coefficient (Wildman–Crippen LogP) is 4.49. The zero-order valence-electron chi connectivity index (χ0n) is 20.3. The van der Waals surface area contributed by atoms with E-state index in [4.69, 9.17) is 9.47 Å². The van der Waals surface area contributed by atoms with Gasteiger partial charge in [-0.1, -0.05) is 32.1 Å². The van der Waals surface area contributed by atoms with Gasteiger partial charge in [-0.25, -0.2) is 14.6 Å². The Hall–Kier alpha value is -3.10. The van der Waals surface area contributed by atoms with E-state index >= 15 is 0 Å². The Labute approximate surface area is 199 Å². The van der Waals surface area contributed by atoms with Crippen molar-refractivity contribution in [3.8, 4) is 0 Å². The minimum Gasteiger partial charge on any atom is -0.464 e. The van der Waals surface area contributed by atoms with Gasteiger partial charge in [0.15, 0.2) is 0 Å². The summed E-state index contributed by atoms with van der Waals surface area (Å²) in [5.74, 6) is 0.145. The number of aromatic nitrogens is 2. The molecular formula is C25H34N4O5. The van der Waals surface area contributed by atoms with Crippen molar-refractivity contribution < 1.29 is 23.9 Å². The van der Waals surface area contributed by atoms with Gasteiger partial charge in [0.05, 0.1) is 18.8 Å². The van der Waals surface area contributed by atoms with Crippen molar-refractivity contribution >= 4 is 34.7 Å². The maximum atomic E-state index is 13.6. The summed E-state index contributed by atoms with van der Waals surface area (Å²) >= 11 is 0. The van der Waals surface area contributed by atoms with Crippen LogP contribution in [0.2, 0.25) is 0 Å². The molecule has 3 heterocycles. The van der Waals surface area contributed by atoms with E-state index in [1.54, 1.807) is 23.2 Å². The molecule has 9 heteroatoms. The lowest BCUT2D eigenvalue weighted by molar-refractivity contribution is -0.122. The summed E-state index contributed by atoms with van der Waals surface area (Å²) in [6, 6.07) is 2.76. The highest BCUT2D eigenvalue weighted by atomic mass is 16.6. The van der Waals surface area contributed by atoms with Gasteiger partial charge in [-0.2, -0.15) is 0 Å². The van der Waals surface area contributed by atoms with Gasteiger partial charge >= 0.3 is 12.1 Å². The molecule has 0 unspecified atom stereocenters. The van der Waals surface area contributed by atoms with Crippen LogP contribution in [0.1, 0.15) is 69.8 Å². The molecule has 1 aliphatic heterocycles. The molecule has 2 aliphatic rings. The number of hydrogen-bond acceptors (Lipinski definition) is 6. The van der Waals surface area contributed by atoms with Crippen molar-refractivity contribution in [1.82, 2.24) is 14.9 Å². The van der Waals surface area contributed by atoms with Crippen molar-refractivity contribution in [2.75, 3.05) is 19.0 Å². The number of nitrogens with zero attached hydrogens (tertiary/aromatic N) is 2. The van der Waals surface area contributed by atoms with E-state index < -0.39 is 23.7 Å². The number of H-pyrrole nitrogens is 1. The minimum atomic E-state index is -0.640. The maximum absolute atomic E-state index is 13.6. The van der Waals surface area contributed by atoms with Crippen molar-refractivity contribution in [1.29, 1.82) is 0 Å². The molecule has 2 atom stereocenters. The Kier molecular flexibility index (Phi) is 6.81. The second-order valence-corrected chi connectivity index (χ2v) is 10.3. The number of ether oxygens (including phenoxy) is 2. The third-order valence-corrected chi connectivity index (χ3v) is 6.76. The largest absolute Gasteiger partial charge is 0.464 e. The number of pyridine rings is 1. The molecule has 0 spiro atoms. The fraction of sp³-hybridized carbons (Fsp3) is 0.600. The number of rotatable bonds is 4. The second kappa shape index (κ2) is 9.64. The van der Waals surface area contributed by atoms with Crippen LogP contribution in [0.25, 0.3) is 10.9 Å². The van der Waals surface area contributed by atoms with E-state index in [2.05, 4.69) is 15.3 Å². The quantitative estimate of drug-likeness (QED) is 0.637. The predicted molar refractivity (Wildman–Crippen MR) is 127 cm³/mol. The van der Waals surface area contributed by atoms with Gasteiger partial charge in [-0.3, -0.25) is 9.69 Å². The Morgan fingerprint density at radius 1 is 1.12 bits per heavy atom. The summed E-state index contributed by atoms with van der Waals surface area (Å²) in [5, 5.41) is 3.64. The lowest BCUT2D eigenvalue weighted by Gasteiger charge is -2.34. The zero-order chi connectivity index (χ0) is 24.5. The first-order valence-corrected chi connectivity index (χ1v) is 12.0. The van der Waals surface area contributed by atoms with Gasteiger partial charge in [0, 0.05) is 11.9 Å². The fourth-order valence-corrected chi connectivity index (χ4v) is 5.25. The van der Waals surface area contributed by atoms with Crippen LogP contribution in [0.3, 0.4) is 0 Å². The Balaban J connectivity index is 1.57. The Bertz CT molecular complexity index is 1070. The number of fused-ring (bicyclic) bond motifs is 1. The van der Waals surface area contributed by atoms with E-state index in [1.165, 1.54) is 13.5 Å². The van der Waals surface area contributed by atoms with E-state index in [1.807, 2.05) is 20.8 Å². The first-order chi connectivity index (χ1) is 16.2. The minimum absolute atomic E-state index is 0.0923. The molecule has 2 aromatic rings. The molecule has 1 aliphatic carbocycles. The lowest BCUT2D eigenvalue weighted by atomic mass is 9.76. The SMILES string of the molecule is COC(=O)c1cc2cc(NC(=O)[C@H]3[C@H](C4CCCCC4)CCN3C(=O)OC(C)(C)C)ncc2[nH]1. The fourth-order valence-electron chi connectivity index (χ4n) is 5.25. The van der Waals surface area contributed by atoms with Crippen LogP contribution < -0.4 is 5.32 Å². The van der Waals surface area contributed by atoms with Gasteiger partial charge < -0.3 is 19.8 Å². The molecule has 2 fully saturated rings. The van der Waals surface area contributed by atoms with Crippen LogP contribution >= 0.6 is 0 Å². The van der Waals surface area contributed by atoms with E-state index in [0.29, 0.717) is 29.5 Å². The van der Waals surface area contributed by atoms with Crippen molar-refractivity contribution in [2.24, 2.45) is 11.8 Å². The van der Waals surface area contributed by atoms with E-state index in [9.17, 15) is 14.4 Å². The highest BCUT2D eigenvalue weighted by Gasteiger charge is 2.46. The third kappa shape index (κ3) is 5.18. The first-order valence-electron chi connectivity index (χ1n) is 12.0. The number of likely N-dealkylation sites (tertiary alicyclic amines) is 1. The molecule has 0 bridgehead atoms. The molecule has 2 amide bonds. The average Bonchev–Trinajstić information content (AvgIpc) is 3.42. The number of carbonyl (C=O) groups excluding carboxylic acids is 3. The number of hydrogen-bond donors (Lipinski definition) is 2. The molecule has 2 N–H and O–H groups in total. The number of aromatic amines is 1. The standard InChI is InChI=1S/C25H34N4O5/c1-25(2,3)34-24(32)29-11-10-17(15-8-6-5-7-9-15)21(29)22(30)28-20-13-16-12-18(23(31)33-4)27-19(16)14-26-20/h12-15,17,21,27H,5-11H2,1-4H3,(H,26,28,30)/t17-,21+/m0/s1. The third-order valence-electron chi connectivity index (χ3n) is 6.76. The summed E-state index contributed by atoms with van der Waals surface area (Å²) in [6.45, 7) is 5.98. The Morgan fingerprint density at radius 3 is 2.53 bits per heavy atom. The summed E-state index contributed by atoms with van der Waals surface area (Å²) in [4.78, 5) is 47.2. The maximum Gasteiger partial charge on any atom is 0.410 e. The summed E-state index contributed by atoms with van der Waals surface area (Å²) in [7, 11) is 1.32. The van der Waals surface area contributed by atoms with Gasteiger partial charge in [0.25, 0.3) is 0 Å². The monoisotopic (exact) mass is 470 g/mol. The summed E-state index contributed by atoms with van der Waals surface area (Å²) in [6.07, 6.45) is 7.62. The van der Waals surface area contributed by atoms with E-state index in [0.717, 1.165) is 37.5 Å². The molecule has 1 saturated carbocycles. The van der Waals surface area contributed by atoms with Crippen molar-refractivity contribution in [2.45, 2.75) is 70.9 Å². The summed E-state index contributed by atoms with van der Waals surface area (Å²) in [5.41, 5.74) is 0.334. The molecule has 0 aromatic carbocycles. The van der Waals surface area contributed by atoms with Crippen molar-refractivity contribution in [3.05, 3.63) is 24.0 Å². The highest BCUT2D eigenvalue weighted by molar-refractivity contribution is 5.99. The van der Waals surface area contributed by atoms with Crippen LogP contribution in [0, 0.1) is 11.8 Å². The average molecular weight is 471 g/mol. The van der Waals surface area contributed by atoms with Crippen molar-refractivity contribution in [3.63, 3.8) is 0 Å². The lowest BCUT2D eigenvalue weighted by Crippen LogP contribution is -2.49. The zero-order valence-corrected chi connectivity index (χ0v) is 20.3. The molecule has 184 valence electrons. The number of nitrogens with one attached hydrogen (secondary N) is 2. The molecule has 2 aromatic heterocycles. The number of amides is 2. The van der Waals surface area contributed by atoms with Crippen LogP contribution in [-0.2, 0) is 14.3 Å². The number of anilines is 1. The first kappa shape index (κ1) is 24.0. The molecular weight excluding hydrogens is 436 g/mol. The number of esters is 1. The highest BCUT2D eigenvalue weighted by Crippen LogP contribution is 2.39. The normalized spacial score (nSPS) is 21.5. The van der Waals surface area contributed by atoms with Gasteiger partial charge in [-0.05, 0) is 51.2 Å². The summed E-state index contributed by atoms with van der Waals surface area (Å²) < 4.78 is 10.4. The van der Waals surface area contributed by atoms with Gasteiger partial charge in [-0.15, -0.1) is 0 Å². The number of methoxy groups -OCH3 is 1. The van der Waals surface area contributed by atoms with Crippen LogP contribution in [-0.4, -0.2) is 58.1 Å². The van der Waals surface area contributed by atoms with Crippen LogP contribution in [0.4, 0.5) is 10.6 Å². The van der Waals surface area contributed by atoms with Gasteiger partial charge in [0.1, 0.15) is 23.2 Å². The van der Waals surface area contributed by atoms with E-state index in [-0.39, 0.29) is 11.8 Å². The van der Waals surface area contributed by atoms with Crippen LogP contribution in [0.15, 0.2) is 18.3 Å². The van der Waals surface area contributed by atoms with Crippen LogP contribution in [0.5, 0.6) is 0 Å². The molecule has 9 nitrogen and oxygen atoms in total. The van der Waals surface area contributed by atoms with Gasteiger partial charge in [0.2, 0.25) is 5.91 Å². The topological polar surface area (TPSA) is 114 Å². The molecule has 34 heavy (non-hydrogen) atoms. The molecule has 4 rings (SSSR count).